The monoisotopic (exact) mass is 466 g/mol. The number of aromatic nitrogens is 2. The Hall–Kier alpha value is -2.97. The van der Waals surface area contributed by atoms with E-state index in [1.165, 1.54) is 0 Å². The summed E-state index contributed by atoms with van der Waals surface area (Å²) < 4.78 is 34.3. The second-order valence-electron chi connectivity index (χ2n) is 8.65. The highest BCUT2D eigenvalue weighted by molar-refractivity contribution is 7.89. The van der Waals surface area contributed by atoms with Gasteiger partial charge in [-0.3, -0.25) is 0 Å². The topological polar surface area (TPSA) is 75.6 Å². The van der Waals surface area contributed by atoms with Crippen LogP contribution in [-0.2, 0) is 10.0 Å². The second-order valence-corrected chi connectivity index (χ2v) is 10.5. The summed E-state index contributed by atoms with van der Waals surface area (Å²) in [4.78, 5) is 11.5. The summed E-state index contributed by atoms with van der Waals surface area (Å²) in [6, 6.07) is 13.5. The number of ether oxygens (including phenoxy) is 1. The van der Waals surface area contributed by atoms with Crippen LogP contribution in [0, 0.1) is 34.6 Å². The minimum Gasteiger partial charge on any atom is -0.439 e. The highest BCUT2D eigenvalue weighted by Gasteiger charge is 2.31. The van der Waals surface area contributed by atoms with E-state index >= 15 is 0 Å². The van der Waals surface area contributed by atoms with Gasteiger partial charge >= 0.3 is 0 Å². The van der Waals surface area contributed by atoms with Gasteiger partial charge in [0.05, 0.1) is 4.90 Å². The molecule has 0 unspecified atom stereocenters. The first-order valence-corrected chi connectivity index (χ1v) is 12.5. The molecule has 1 aliphatic heterocycles. The average molecular weight is 467 g/mol. The first kappa shape index (κ1) is 23.2. The fourth-order valence-corrected chi connectivity index (χ4v) is 6.16. The van der Waals surface area contributed by atoms with Crippen LogP contribution in [0.4, 0.5) is 5.82 Å². The molecule has 1 aromatic heterocycles. The van der Waals surface area contributed by atoms with Crippen molar-refractivity contribution < 1.29 is 13.2 Å². The van der Waals surface area contributed by atoms with E-state index in [0.717, 1.165) is 28.1 Å². The lowest BCUT2D eigenvalue weighted by atomic mass is 10.1. The number of rotatable bonds is 5. The van der Waals surface area contributed by atoms with Crippen molar-refractivity contribution in [2.45, 2.75) is 39.5 Å². The first-order chi connectivity index (χ1) is 15.6. The third kappa shape index (κ3) is 5.02. The van der Waals surface area contributed by atoms with Crippen molar-refractivity contribution in [3.63, 3.8) is 0 Å². The normalized spacial score (nSPS) is 15.0. The van der Waals surface area contributed by atoms with Crippen LogP contribution in [0.15, 0.2) is 47.4 Å². The molecule has 2 aromatic carbocycles. The lowest BCUT2D eigenvalue weighted by Crippen LogP contribution is -2.49. The number of nitrogens with zero attached hydrogens (tertiary/aromatic N) is 4. The lowest BCUT2D eigenvalue weighted by Gasteiger charge is -2.35. The number of hydrogen-bond donors (Lipinski definition) is 0. The van der Waals surface area contributed by atoms with Gasteiger partial charge in [0, 0.05) is 32.2 Å². The molecular weight excluding hydrogens is 436 g/mol. The third-order valence-corrected chi connectivity index (χ3v) is 8.01. The van der Waals surface area contributed by atoms with Gasteiger partial charge in [-0.25, -0.2) is 13.4 Å². The zero-order valence-corrected chi connectivity index (χ0v) is 20.6. The van der Waals surface area contributed by atoms with Gasteiger partial charge in [0.25, 0.3) is 0 Å². The Balaban J connectivity index is 1.50. The molecule has 2 heterocycles. The molecular formula is C25H30N4O3S. The molecule has 0 bridgehead atoms. The Morgan fingerprint density at radius 1 is 0.788 bits per heavy atom. The number of anilines is 1. The van der Waals surface area contributed by atoms with Crippen LogP contribution < -0.4 is 9.64 Å². The van der Waals surface area contributed by atoms with Crippen LogP contribution in [0.25, 0.3) is 0 Å². The van der Waals surface area contributed by atoms with Crippen LogP contribution in [0.5, 0.6) is 11.6 Å². The molecule has 0 atom stereocenters. The van der Waals surface area contributed by atoms with Gasteiger partial charge in [0.15, 0.2) is 0 Å². The van der Waals surface area contributed by atoms with Crippen molar-refractivity contribution in [2.75, 3.05) is 31.1 Å². The Bertz CT molecular complexity index is 1240. The van der Waals surface area contributed by atoms with Gasteiger partial charge in [0.1, 0.15) is 17.4 Å². The van der Waals surface area contributed by atoms with Crippen molar-refractivity contribution >= 4 is 15.8 Å². The molecule has 7 nitrogen and oxygen atoms in total. The van der Waals surface area contributed by atoms with Crippen molar-refractivity contribution in [2.24, 2.45) is 0 Å². The third-order valence-electron chi connectivity index (χ3n) is 5.81. The highest BCUT2D eigenvalue weighted by Crippen LogP contribution is 2.28. The standard InChI is InChI=1S/C25H30N4O3S/c1-17-6-8-22(9-7-17)32-24-16-23(26-21(5)27-24)28-10-12-29(13-11-28)33(30,31)25-19(3)14-18(2)15-20(25)4/h6-9,14-16H,10-13H2,1-5H3. The zero-order chi connectivity index (χ0) is 23.8. The van der Waals surface area contributed by atoms with Gasteiger partial charge in [-0.2, -0.15) is 9.29 Å². The minimum absolute atomic E-state index is 0.395. The van der Waals surface area contributed by atoms with Gasteiger partial charge in [0.2, 0.25) is 15.9 Å². The predicted octanol–water partition coefficient (Wildman–Crippen LogP) is 4.32. The first-order valence-electron chi connectivity index (χ1n) is 11.1. The summed E-state index contributed by atoms with van der Waals surface area (Å²) in [6.07, 6.45) is 0. The van der Waals surface area contributed by atoms with E-state index in [1.807, 2.05) is 77.1 Å². The maximum atomic E-state index is 13.4. The molecule has 0 amide bonds. The quantitative estimate of drug-likeness (QED) is 0.557. The van der Waals surface area contributed by atoms with Crippen molar-refractivity contribution in [1.82, 2.24) is 14.3 Å². The molecule has 0 radical (unpaired) electrons. The molecule has 1 fully saturated rings. The number of hydrogen-bond acceptors (Lipinski definition) is 6. The van der Waals surface area contributed by atoms with Gasteiger partial charge in [-0.15, -0.1) is 0 Å². The van der Waals surface area contributed by atoms with E-state index < -0.39 is 10.0 Å². The fourth-order valence-electron chi connectivity index (χ4n) is 4.33. The van der Waals surface area contributed by atoms with E-state index in [4.69, 9.17) is 4.74 Å². The lowest BCUT2D eigenvalue weighted by molar-refractivity contribution is 0.382. The van der Waals surface area contributed by atoms with E-state index in [0.29, 0.717) is 48.5 Å². The van der Waals surface area contributed by atoms with E-state index in [1.54, 1.807) is 4.31 Å². The van der Waals surface area contributed by atoms with E-state index in [-0.39, 0.29) is 0 Å². The summed E-state index contributed by atoms with van der Waals surface area (Å²) in [6.45, 7) is 11.4. The van der Waals surface area contributed by atoms with Gasteiger partial charge < -0.3 is 9.64 Å². The van der Waals surface area contributed by atoms with Crippen LogP contribution in [-0.4, -0.2) is 48.9 Å². The van der Waals surface area contributed by atoms with Crippen LogP contribution in [0.1, 0.15) is 28.1 Å². The van der Waals surface area contributed by atoms with Crippen molar-refractivity contribution in [3.05, 3.63) is 70.5 Å². The molecule has 8 heteroatoms. The Labute approximate surface area is 196 Å². The van der Waals surface area contributed by atoms with Crippen LogP contribution in [0.3, 0.4) is 0 Å². The van der Waals surface area contributed by atoms with Crippen LogP contribution >= 0.6 is 0 Å². The number of piperazine rings is 1. The Morgan fingerprint density at radius 2 is 1.39 bits per heavy atom. The molecule has 174 valence electrons. The largest absolute Gasteiger partial charge is 0.439 e. The average Bonchev–Trinajstić information content (AvgIpc) is 2.74. The number of sulfonamides is 1. The van der Waals surface area contributed by atoms with Gasteiger partial charge in [-0.1, -0.05) is 35.4 Å². The molecule has 0 saturated carbocycles. The molecule has 1 saturated heterocycles. The zero-order valence-electron chi connectivity index (χ0n) is 19.8. The molecule has 33 heavy (non-hydrogen) atoms. The summed E-state index contributed by atoms with van der Waals surface area (Å²) >= 11 is 0. The Kier molecular flexibility index (Phi) is 6.41. The predicted molar refractivity (Wildman–Crippen MR) is 130 cm³/mol. The molecule has 3 aromatic rings. The van der Waals surface area contributed by atoms with E-state index in [2.05, 4.69) is 14.9 Å². The van der Waals surface area contributed by atoms with Crippen molar-refractivity contribution in [3.8, 4) is 11.6 Å². The van der Waals surface area contributed by atoms with Crippen LogP contribution in [0.2, 0.25) is 0 Å². The minimum atomic E-state index is -3.56. The molecule has 1 aliphatic rings. The molecule has 0 N–H and O–H groups in total. The number of aryl methyl sites for hydroxylation is 5. The second kappa shape index (κ2) is 9.11. The van der Waals surface area contributed by atoms with Crippen molar-refractivity contribution in [1.29, 1.82) is 0 Å². The van der Waals surface area contributed by atoms with E-state index in [9.17, 15) is 8.42 Å². The van der Waals surface area contributed by atoms with Gasteiger partial charge in [-0.05, 0) is 57.9 Å². The maximum absolute atomic E-state index is 13.4. The summed E-state index contributed by atoms with van der Waals surface area (Å²) in [5.41, 5.74) is 3.81. The molecule has 0 aliphatic carbocycles. The SMILES string of the molecule is Cc1ccc(Oc2cc(N3CCN(S(=O)(=O)c4c(C)cc(C)cc4C)CC3)nc(C)n2)cc1. The summed E-state index contributed by atoms with van der Waals surface area (Å²) in [5.74, 6) is 2.53. The number of benzene rings is 2. The molecule has 0 spiro atoms. The maximum Gasteiger partial charge on any atom is 0.243 e. The Morgan fingerprint density at radius 3 is 2.00 bits per heavy atom. The molecule has 4 rings (SSSR count). The fraction of sp³-hybridized carbons (Fsp3) is 0.360. The summed E-state index contributed by atoms with van der Waals surface area (Å²) in [5, 5.41) is 0. The summed E-state index contributed by atoms with van der Waals surface area (Å²) in [7, 11) is -3.56. The highest BCUT2D eigenvalue weighted by atomic mass is 32.2. The smallest absolute Gasteiger partial charge is 0.243 e.